The second-order valence-electron chi connectivity index (χ2n) is 3.55. The van der Waals surface area contributed by atoms with Crippen molar-refractivity contribution < 1.29 is 40.4 Å². The van der Waals surface area contributed by atoms with Crippen LogP contribution in [0.15, 0.2) is 24.2 Å². The van der Waals surface area contributed by atoms with Crippen molar-refractivity contribution in [2.24, 2.45) is 0 Å². The van der Waals surface area contributed by atoms with E-state index in [-0.39, 0.29) is 0 Å². The van der Waals surface area contributed by atoms with Gasteiger partial charge < -0.3 is 15.1 Å². The van der Waals surface area contributed by atoms with Crippen LogP contribution in [0.25, 0.3) is 0 Å². The largest absolute Gasteiger partial charge is 0.508 e. The Hall–Kier alpha value is -1.06. The normalized spacial score (nSPS) is 52.7. The minimum Gasteiger partial charge on any atom is -0.508 e. The molecule has 0 heterocycles. The fraction of sp³-hybridized carbons (Fsp3) is 0.625. The molecule has 0 amide bonds. The van der Waals surface area contributed by atoms with Crippen molar-refractivity contribution in [3.05, 3.63) is 29.7 Å². The smallest absolute Gasteiger partial charge is 0.115 e. The monoisotopic (exact) mass is 285 g/mol. The summed E-state index contributed by atoms with van der Waals surface area (Å²) in [5.74, 6) is -5.08. The average molecular weight is 286 g/mol. The molecule has 1 fully saturated rings. The zero-order valence-electron chi connectivity index (χ0n) is 31.4. The van der Waals surface area contributed by atoms with Gasteiger partial charge in [0.15, 0.2) is 0 Å². The van der Waals surface area contributed by atoms with Gasteiger partial charge in [0.05, 0.1) is 11.1 Å². The predicted octanol–water partition coefficient (Wildman–Crippen LogP) is 2.73. The molecule has 0 saturated heterocycles. The zero-order chi connectivity index (χ0) is 33.1. The molecular formula is C16H25NO2. The SMILES string of the molecule is [2H]c1c([2H])c(C(C([2H])([2H])N(C([2H])([2H])[2H])C([2H])([2H])[2H])C2(O)C([2H])([2H])C([2H])([2H])C([2H])([2H])C([2H])([2H])C2([2H])[2H])c([2H])c([2H])c1O. The molecular weight excluding hydrogens is 238 g/mol. The summed E-state index contributed by atoms with van der Waals surface area (Å²) in [7, 11) is 0. The number of phenolic OH excluding ortho intramolecular Hbond substituents is 1. The number of phenols is 1. The van der Waals surface area contributed by atoms with Gasteiger partial charge in [0, 0.05) is 37.1 Å². The first-order valence-corrected chi connectivity index (χ1v) is 4.98. The van der Waals surface area contributed by atoms with Crippen LogP contribution in [0.1, 0.15) is 73.5 Å². The maximum Gasteiger partial charge on any atom is 0.115 e. The summed E-state index contributed by atoms with van der Waals surface area (Å²) in [4.78, 5) is -0.977. The molecule has 1 saturated carbocycles. The first kappa shape index (κ1) is 3.07. The molecule has 1 unspecified atom stereocenters. The molecule has 3 nitrogen and oxygen atoms in total. The topological polar surface area (TPSA) is 43.7 Å². The molecule has 1 aromatic carbocycles. The van der Waals surface area contributed by atoms with E-state index in [1.165, 1.54) is 0 Å². The fourth-order valence-electron chi connectivity index (χ4n) is 1.42. The summed E-state index contributed by atoms with van der Waals surface area (Å²) in [5.41, 5.74) is -6.41. The Morgan fingerprint density at radius 1 is 1.37 bits per heavy atom. The fourth-order valence-corrected chi connectivity index (χ4v) is 1.42. The third kappa shape index (κ3) is 3.48. The van der Waals surface area contributed by atoms with Crippen LogP contribution in [-0.4, -0.2) is 41.2 Å². The van der Waals surface area contributed by atoms with Crippen molar-refractivity contribution in [1.82, 2.24) is 4.90 Å². The van der Waals surface area contributed by atoms with Gasteiger partial charge in [-0.05, 0) is 44.3 Å². The van der Waals surface area contributed by atoms with Crippen molar-refractivity contribution in [2.45, 2.75) is 43.4 Å². The summed E-state index contributed by atoms with van der Waals surface area (Å²) in [5, 5.41) is 22.0. The highest BCUT2D eigenvalue weighted by Crippen LogP contribution is 2.40. The van der Waals surface area contributed by atoms with Gasteiger partial charge in [0.25, 0.3) is 0 Å². The van der Waals surface area contributed by atoms with Crippen LogP contribution in [0.4, 0.5) is 0 Å². The minimum absolute atomic E-state index is 0.977. The molecule has 1 aliphatic rings. The van der Waals surface area contributed by atoms with Crippen LogP contribution in [0.2, 0.25) is 0 Å². The van der Waals surface area contributed by atoms with Crippen LogP contribution < -0.4 is 0 Å². The molecule has 0 spiro atoms. The zero-order valence-corrected chi connectivity index (χ0v) is 9.42. The minimum atomic E-state index is -4.75. The second kappa shape index (κ2) is 5.93. The van der Waals surface area contributed by atoms with Gasteiger partial charge >= 0.3 is 0 Å². The van der Waals surface area contributed by atoms with Gasteiger partial charge in [-0.1, -0.05) is 31.2 Å². The third-order valence-electron chi connectivity index (χ3n) is 2.23. The summed E-state index contributed by atoms with van der Waals surface area (Å²) in [6.07, 6.45) is -21.9. The number of benzene rings is 1. The van der Waals surface area contributed by atoms with E-state index in [4.69, 9.17) is 30.2 Å². The van der Waals surface area contributed by atoms with E-state index in [0.29, 0.717) is 0 Å². The Balaban J connectivity index is 3.41. The predicted molar refractivity (Wildman–Crippen MR) is 77.4 cm³/mol. The Morgan fingerprint density at radius 3 is 2.58 bits per heavy atom. The van der Waals surface area contributed by atoms with Crippen molar-refractivity contribution in [3.63, 3.8) is 0 Å². The van der Waals surface area contributed by atoms with E-state index < -0.39 is 104 Å². The first-order valence-electron chi connectivity index (χ1n) is 16.0. The Labute approximate surface area is 146 Å². The molecule has 0 bridgehead atoms. The number of nitrogens with zero attached hydrogens (tertiary/aromatic N) is 1. The molecule has 106 valence electrons. The van der Waals surface area contributed by atoms with Crippen LogP contribution >= 0.6 is 0 Å². The van der Waals surface area contributed by atoms with Gasteiger partial charge in [-0.15, -0.1) is 0 Å². The molecule has 0 aliphatic heterocycles. The molecule has 1 aliphatic carbocycles. The maximum absolute atomic E-state index is 12.0. The summed E-state index contributed by atoms with van der Waals surface area (Å²) in [6, 6.07) is -6.03. The summed E-state index contributed by atoms with van der Waals surface area (Å²) >= 11 is 0. The van der Waals surface area contributed by atoms with Crippen molar-refractivity contribution in [2.75, 3.05) is 20.4 Å². The number of aromatic hydroxyl groups is 1. The van der Waals surface area contributed by atoms with Gasteiger partial charge in [-0.3, -0.25) is 0 Å². The van der Waals surface area contributed by atoms with Crippen LogP contribution in [0, 0.1) is 0 Å². The van der Waals surface area contributed by atoms with Crippen LogP contribution in [0.3, 0.4) is 0 Å². The lowest BCUT2D eigenvalue weighted by atomic mass is 9.72. The molecule has 0 radical (unpaired) electrons. The third-order valence-corrected chi connectivity index (χ3v) is 2.23. The van der Waals surface area contributed by atoms with E-state index in [1.54, 1.807) is 0 Å². The highest BCUT2D eigenvalue weighted by atomic mass is 16.3. The van der Waals surface area contributed by atoms with Gasteiger partial charge in [-0.25, -0.2) is 0 Å². The van der Waals surface area contributed by atoms with E-state index in [2.05, 4.69) is 0 Å². The van der Waals surface area contributed by atoms with Gasteiger partial charge in [-0.2, -0.15) is 0 Å². The molecule has 0 aromatic heterocycles. The second-order valence-corrected chi connectivity index (χ2v) is 3.55. The number of hydrogen-bond acceptors (Lipinski definition) is 3. The van der Waals surface area contributed by atoms with Crippen LogP contribution in [0.5, 0.6) is 5.75 Å². The maximum atomic E-state index is 12.0. The lowest BCUT2D eigenvalue weighted by molar-refractivity contribution is -0.0277. The van der Waals surface area contributed by atoms with Crippen molar-refractivity contribution in [3.8, 4) is 5.75 Å². The highest BCUT2D eigenvalue weighted by molar-refractivity contribution is 5.30. The number of aliphatic hydroxyl groups is 1. The van der Waals surface area contributed by atoms with Gasteiger partial charge in [0.2, 0.25) is 0 Å². The lowest BCUT2D eigenvalue weighted by Gasteiger charge is -2.40. The number of likely N-dealkylation sites (N-methyl/N-ethyl adjacent to an activating group) is 1. The van der Waals surface area contributed by atoms with E-state index in [9.17, 15) is 10.2 Å². The molecule has 2 N–H and O–H groups in total. The van der Waals surface area contributed by atoms with Gasteiger partial charge in [0.1, 0.15) is 5.75 Å². The Bertz CT molecular complexity index is 1140. The molecule has 19 heavy (non-hydrogen) atoms. The van der Waals surface area contributed by atoms with E-state index >= 15 is 0 Å². The molecule has 1 aromatic rings. The lowest BCUT2D eigenvalue weighted by Crippen LogP contribution is -2.42. The Morgan fingerprint density at radius 2 is 2.00 bits per heavy atom. The summed E-state index contributed by atoms with van der Waals surface area (Å²) < 4.78 is 178. The van der Waals surface area contributed by atoms with E-state index in [1.807, 2.05) is 0 Å². The Kier molecular flexibility index (Phi) is 0.959. The molecule has 2 rings (SSSR count). The van der Waals surface area contributed by atoms with Crippen molar-refractivity contribution in [1.29, 1.82) is 0 Å². The highest BCUT2D eigenvalue weighted by Gasteiger charge is 2.38. The van der Waals surface area contributed by atoms with Crippen LogP contribution in [-0.2, 0) is 0 Å². The molecule has 1 atom stereocenters. The number of rotatable bonds is 4. The van der Waals surface area contributed by atoms with E-state index in [0.717, 1.165) is 0 Å². The first-order chi connectivity index (χ1) is 17.7. The average Bonchev–Trinajstić information content (AvgIpc) is 2.74. The molecule has 3 heteroatoms. The standard InChI is InChI=1S/C16H25NO2/c1-17(2)12-15(13-6-8-14(18)9-7-13)16(19)10-4-3-5-11-16/h6-9,15,18-19H,3-5,10-12H2,1-2H3/i1D3,2D3,3D2,4D2,5D2,6D,7D,8D,9D,10D2,11D2,12D2. The number of hydrogen-bond donors (Lipinski definition) is 2. The summed E-state index contributed by atoms with van der Waals surface area (Å²) in [6.45, 7) is -12.6. The van der Waals surface area contributed by atoms with Crippen molar-refractivity contribution >= 4 is 0 Å². The quantitative estimate of drug-likeness (QED) is 0.894.